The van der Waals surface area contributed by atoms with Crippen molar-refractivity contribution in [3.63, 3.8) is 0 Å². The SMILES string of the molecule is CC(Cc1ccccc1)CN1CCC(O)(c2ccn[nH]2)C1. The predicted molar refractivity (Wildman–Crippen MR) is 82.9 cm³/mol. The molecule has 2 N–H and O–H groups in total. The lowest BCUT2D eigenvalue weighted by atomic mass is 9.99. The lowest BCUT2D eigenvalue weighted by Gasteiger charge is -2.24. The molecule has 0 amide bonds. The molecule has 1 aliphatic rings. The third-order valence-corrected chi connectivity index (χ3v) is 4.33. The first-order valence-electron chi connectivity index (χ1n) is 7.64. The van der Waals surface area contributed by atoms with Crippen molar-refractivity contribution >= 4 is 0 Å². The second-order valence-electron chi connectivity index (χ2n) is 6.28. The molecule has 0 aliphatic carbocycles. The first-order chi connectivity index (χ1) is 10.2. The number of H-pyrrole nitrogens is 1. The molecule has 1 aromatic heterocycles. The summed E-state index contributed by atoms with van der Waals surface area (Å²) in [6.07, 6.45) is 3.56. The van der Waals surface area contributed by atoms with Crippen LogP contribution >= 0.6 is 0 Å². The number of aromatic nitrogens is 2. The van der Waals surface area contributed by atoms with E-state index in [1.165, 1.54) is 5.56 Å². The molecule has 2 unspecified atom stereocenters. The molecule has 2 atom stereocenters. The number of β-amino-alcohol motifs (C(OH)–C–C–N with tert-alkyl or cyclic N) is 1. The maximum atomic E-state index is 10.7. The van der Waals surface area contributed by atoms with Gasteiger partial charge < -0.3 is 5.11 Å². The number of hydrogen-bond donors (Lipinski definition) is 2. The number of rotatable bonds is 5. The average Bonchev–Trinajstić information content (AvgIpc) is 3.11. The average molecular weight is 285 g/mol. The van der Waals surface area contributed by atoms with Gasteiger partial charge in [-0.3, -0.25) is 10.00 Å². The number of benzene rings is 1. The Labute approximate surface area is 125 Å². The fourth-order valence-corrected chi connectivity index (χ4v) is 3.28. The Morgan fingerprint density at radius 3 is 2.86 bits per heavy atom. The van der Waals surface area contributed by atoms with Gasteiger partial charge in [-0.05, 0) is 30.4 Å². The molecule has 4 nitrogen and oxygen atoms in total. The summed E-state index contributed by atoms with van der Waals surface area (Å²) in [5, 5.41) is 17.6. The van der Waals surface area contributed by atoms with Crippen LogP contribution in [0.4, 0.5) is 0 Å². The molecule has 4 heteroatoms. The van der Waals surface area contributed by atoms with Gasteiger partial charge in [0.25, 0.3) is 0 Å². The Morgan fingerprint density at radius 1 is 1.33 bits per heavy atom. The minimum Gasteiger partial charge on any atom is -0.382 e. The lowest BCUT2D eigenvalue weighted by Crippen LogP contribution is -2.33. The highest BCUT2D eigenvalue weighted by atomic mass is 16.3. The molecule has 1 fully saturated rings. The topological polar surface area (TPSA) is 52.1 Å². The van der Waals surface area contributed by atoms with E-state index in [0.29, 0.717) is 12.5 Å². The van der Waals surface area contributed by atoms with Crippen LogP contribution in [0.2, 0.25) is 0 Å². The van der Waals surface area contributed by atoms with Gasteiger partial charge in [-0.1, -0.05) is 37.3 Å². The number of hydrogen-bond acceptors (Lipinski definition) is 3. The minimum atomic E-state index is -0.761. The van der Waals surface area contributed by atoms with Crippen molar-refractivity contribution in [2.24, 2.45) is 5.92 Å². The largest absolute Gasteiger partial charge is 0.382 e. The minimum absolute atomic E-state index is 0.580. The Morgan fingerprint density at radius 2 is 2.14 bits per heavy atom. The van der Waals surface area contributed by atoms with Crippen LogP contribution in [-0.2, 0) is 12.0 Å². The zero-order valence-corrected chi connectivity index (χ0v) is 12.5. The molecule has 0 saturated carbocycles. The van der Waals surface area contributed by atoms with Gasteiger partial charge in [-0.2, -0.15) is 5.10 Å². The molecule has 2 aromatic rings. The van der Waals surface area contributed by atoms with Crippen molar-refractivity contribution < 1.29 is 5.11 Å². The Hall–Kier alpha value is -1.65. The molecule has 112 valence electrons. The fraction of sp³-hybridized carbons (Fsp3) is 0.471. The maximum absolute atomic E-state index is 10.7. The Bertz CT molecular complexity index is 555. The summed E-state index contributed by atoms with van der Waals surface area (Å²) in [5.41, 5.74) is 1.46. The maximum Gasteiger partial charge on any atom is 0.120 e. The van der Waals surface area contributed by atoms with E-state index >= 15 is 0 Å². The van der Waals surface area contributed by atoms with Crippen molar-refractivity contribution in [2.45, 2.75) is 25.4 Å². The summed E-state index contributed by atoms with van der Waals surface area (Å²) in [6.45, 7) is 4.93. The molecule has 0 radical (unpaired) electrons. The number of nitrogens with one attached hydrogen (secondary N) is 1. The van der Waals surface area contributed by atoms with Crippen LogP contribution in [0, 0.1) is 5.92 Å². The highest BCUT2D eigenvalue weighted by molar-refractivity contribution is 5.16. The van der Waals surface area contributed by atoms with Crippen LogP contribution in [-0.4, -0.2) is 39.8 Å². The number of aliphatic hydroxyl groups is 1. The van der Waals surface area contributed by atoms with Crippen molar-refractivity contribution in [2.75, 3.05) is 19.6 Å². The van der Waals surface area contributed by atoms with Crippen LogP contribution in [0.3, 0.4) is 0 Å². The van der Waals surface area contributed by atoms with Crippen LogP contribution in [0.5, 0.6) is 0 Å². The Kier molecular flexibility index (Phi) is 4.08. The third-order valence-electron chi connectivity index (χ3n) is 4.33. The second kappa shape index (κ2) is 6.00. The van der Waals surface area contributed by atoms with E-state index in [9.17, 15) is 5.11 Å². The summed E-state index contributed by atoms with van der Waals surface area (Å²) >= 11 is 0. The van der Waals surface area contributed by atoms with Crippen LogP contribution in [0.25, 0.3) is 0 Å². The normalized spacial score (nSPS) is 24.3. The van der Waals surface area contributed by atoms with Crippen LogP contribution in [0.1, 0.15) is 24.6 Å². The van der Waals surface area contributed by atoms with Gasteiger partial charge in [0.2, 0.25) is 0 Å². The summed E-state index contributed by atoms with van der Waals surface area (Å²) in [6, 6.07) is 12.5. The molecule has 3 rings (SSSR count). The standard InChI is InChI=1S/C17H23N3O/c1-14(11-15-5-3-2-4-6-15)12-20-10-8-17(21,13-20)16-7-9-18-19-16/h2-7,9,14,21H,8,10-13H2,1H3,(H,18,19). The molecule has 0 spiro atoms. The van der Waals surface area contributed by atoms with E-state index in [1.54, 1.807) is 6.20 Å². The van der Waals surface area contributed by atoms with Gasteiger partial charge >= 0.3 is 0 Å². The monoisotopic (exact) mass is 285 g/mol. The smallest absolute Gasteiger partial charge is 0.120 e. The highest BCUT2D eigenvalue weighted by Gasteiger charge is 2.38. The third kappa shape index (κ3) is 3.34. The predicted octanol–water partition coefficient (Wildman–Crippen LogP) is 2.18. The van der Waals surface area contributed by atoms with E-state index < -0.39 is 5.60 Å². The molecule has 1 saturated heterocycles. The van der Waals surface area contributed by atoms with Crippen LogP contribution < -0.4 is 0 Å². The zero-order chi connectivity index (χ0) is 14.7. The van der Waals surface area contributed by atoms with Gasteiger partial charge in [0.15, 0.2) is 0 Å². The molecular weight excluding hydrogens is 262 g/mol. The molecular formula is C17H23N3O. The van der Waals surface area contributed by atoms with E-state index in [0.717, 1.165) is 31.6 Å². The van der Waals surface area contributed by atoms with Gasteiger partial charge in [0.05, 0.1) is 5.69 Å². The van der Waals surface area contributed by atoms with Gasteiger partial charge in [0.1, 0.15) is 5.60 Å². The second-order valence-corrected chi connectivity index (χ2v) is 6.28. The summed E-state index contributed by atoms with van der Waals surface area (Å²) in [4.78, 5) is 2.36. The molecule has 1 aliphatic heterocycles. The summed E-state index contributed by atoms with van der Waals surface area (Å²) < 4.78 is 0. The first kappa shape index (κ1) is 14.3. The highest BCUT2D eigenvalue weighted by Crippen LogP contribution is 2.30. The quantitative estimate of drug-likeness (QED) is 0.885. The lowest BCUT2D eigenvalue weighted by molar-refractivity contribution is 0.0403. The van der Waals surface area contributed by atoms with Crippen molar-refractivity contribution in [1.29, 1.82) is 0 Å². The fourth-order valence-electron chi connectivity index (χ4n) is 3.28. The Balaban J connectivity index is 1.55. The van der Waals surface area contributed by atoms with Gasteiger partial charge in [0, 0.05) is 25.8 Å². The van der Waals surface area contributed by atoms with Gasteiger partial charge in [-0.25, -0.2) is 0 Å². The molecule has 0 bridgehead atoms. The first-order valence-corrected chi connectivity index (χ1v) is 7.64. The number of likely N-dealkylation sites (tertiary alicyclic amines) is 1. The van der Waals surface area contributed by atoms with E-state index in [1.807, 2.05) is 6.07 Å². The van der Waals surface area contributed by atoms with Crippen molar-refractivity contribution in [1.82, 2.24) is 15.1 Å². The molecule has 1 aromatic carbocycles. The number of aromatic amines is 1. The molecule has 21 heavy (non-hydrogen) atoms. The van der Waals surface area contributed by atoms with Crippen molar-refractivity contribution in [3.05, 3.63) is 53.9 Å². The van der Waals surface area contributed by atoms with Crippen LogP contribution in [0.15, 0.2) is 42.6 Å². The molecule has 2 heterocycles. The summed E-state index contributed by atoms with van der Waals surface area (Å²) in [7, 11) is 0. The zero-order valence-electron chi connectivity index (χ0n) is 12.5. The van der Waals surface area contributed by atoms with E-state index in [-0.39, 0.29) is 0 Å². The number of nitrogens with zero attached hydrogens (tertiary/aromatic N) is 2. The van der Waals surface area contributed by atoms with E-state index in [2.05, 4.69) is 52.4 Å². The summed E-state index contributed by atoms with van der Waals surface area (Å²) in [5.74, 6) is 0.580. The van der Waals surface area contributed by atoms with Gasteiger partial charge in [-0.15, -0.1) is 0 Å². The van der Waals surface area contributed by atoms with E-state index in [4.69, 9.17) is 0 Å². The van der Waals surface area contributed by atoms with Crippen molar-refractivity contribution in [3.8, 4) is 0 Å².